The number of aryl methyl sites for hydroxylation is 3. The minimum Gasteiger partial charge on any atom is -0.493 e. The average molecular weight is 489 g/mol. The summed E-state index contributed by atoms with van der Waals surface area (Å²) in [6, 6.07) is 12.8. The van der Waals surface area contributed by atoms with Crippen molar-refractivity contribution in [1.82, 2.24) is 10.1 Å². The number of aromatic nitrogens is 2. The van der Waals surface area contributed by atoms with Crippen molar-refractivity contribution in [1.29, 1.82) is 0 Å². The van der Waals surface area contributed by atoms with Crippen molar-refractivity contribution in [2.45, 2.75) is 40.4 Å². The number of hydrogen-bond acceptors (Lipinski definition) is 7. The summed E-state index contributed by atoms with van der Waals surface area (Å²) in [6.07, 6.45) is 1.94. The number of fused-ring (bicyclic) bond motifs is 1. The number of benzene rings is 2. The molecule has 0 bridgehead atoms. The fraction of sp³-hybridized carbons (Fsp3) is 0.250. The first-order valence-electron chi connectivity index (χ1n) is 11.5. The van der Waals surface area contributed by atoms with Crippen LogP contribution in [0.3, 0.4) is 0 Å². The number of carbonyl (C=O) groups is 2. The smallest absolute Gasteiger partial charge is 0.331 e. The molecule has 8 nitrogen and oxygen atoms in total. The molecule has 8 heteroatoms. The van der Waals surface area contributed by atoms with Crippen molar-refractivity contribution in [2.75, 3.05) is 7.11 Å². The van der Waals surface area contributed by atoms with Gasteiger partial charge < -0.3 is 23.7 Å². The second-order valence-corrected chi connectivity index (χ2v) is 8.45. The summed E-state index contributed by atoms with van der Waals surface area (Å²) in [5, 5.41) is 4.73. The number of hydrogen-bond donors (Lipinski definition) is 1. The van der Waals surface area contributed by atoms with Crippen LogP contribution in [0.25, 0.3) is 17.0 Å². The Kier molecular flexibility index (Phi) is 7.24. The highest BCUT2D eigenvalue weighted by molar-refractivity contribution is 6.11. The van der Waals surface area contributed by atoms with E-state index in [4.69, 9.17) is 18.7 Å². The zero-order valence-corrected chi connectivity index (χ0v) is 20.9. The van der Waals surface area contributed by atoms with Gasteiger partial charge in [0.1, 0.15) is 12.4 Å². The van der Waals surface area contributed by atoms with Crippen molar-refractivity contribution in [3.63, 3.8) is 0 Å². The molecular weight excluding hydrogens is 460 g/mol. The molecule has 4 rings (SSSR count). The molecule has 0 spiro atoms. The third kappa shape index (κ3) is 5.17. The molecule has 0 aliphatic rings. The Labute approximate surface area is 208 Å². The van der Waals surface area contributed by atoms with Crippen LogP contribution in [-0.4, -0.2) is 35.1 Å². The molecule has 0 aliphatic heterocycles. The second-order valence-electron chi connectivity index (χ2n) is 8.45. The topological polar surface area (TPSA) is 104 Å². The lowest BCUT2D eigenvalue weighted by Gasteiger charge is -2.12. The number of aromatic amines is 1. The lowest BCUT2D eigenvalue weighted by molar-refractivity contribution is -0.140. The standard InChI is InChI=1S/C28H28N2O6/c1-16-22(18(3)36-30-16)15-34-24-12-10-20(14-25(24)33-5)11-13-26(31)35-19(4)28(32)27-17(2)29-23-9-7-6-8-21(23)27/h6-14,19,29H,15H2,1-5H3/b13-11+. The first-order chi connectivity index (χ1) is 17.3. The maximum Gasteiger partial charge on any atom is 0.331 e. The van der Waals surface area contributed by atoms with Crippen LogP contribution in [0.1, 0.15) is 45.6 Å². The minimum absolute atomic E-state index is 0.256. The van der Waals surface area contributed by atoms with Crippen molar-refractivity contribution in [3.8, 4) is 11.5 Å². The Morgan fingerprint density at radius 1 is 1.11 bits per heavy atom. The molecule has 4 aromatic rings. The summed E-state index contributed by atoms with van der Waals surface area (Å²) >= 11 is 0. The molecule has 0 amide bonds. The molecule has 1 atom stereocenters. The summed E-state index contributed by atoms with van der Waals surface area (Å²) in [6.45, 7) is 7.38. The Bertz CT molecular complexity index is 1430. The SMILES string of the molecule is COc1cc(/C=C/C(=O)OC(C)C(=O)c2c(C)[nH]c3ccccc23)ccc1OCc1c(C)noc1C. The molecule has 0 saturated carbocycles. The van der Waals surface area contributed by atoms with E-state index in [9.17, 15) is 9.59 Å². The number of carbonyl (C=O) groups excluding carboxylic acids is 2. The Morgan fingerprint density at radius 3 is 2.61 bits per heavy atom. The second kappa shape index (κ2) is 10.5. The maximum absolute atomic E-state index is 13.0. The zero-order chi connectivity index (χ0) is 25.8. The number of ether oxygens (including phenoxy) is 3. The monoisotopic (exact) mass is 488 g/mol. The van der Waals surface area contributed by atoms with Gasteiger partial charge >= 0.3 is 5.97 Å². The summed E-state index contributed by atoms with van der Waals surface area (Å²) in [7, 11) is 1.54. The van der Waals surface area contributed by atoms with Gasteiger partial charge in [0.05, 0.1) is 18.4 Å². The van der Waals surface area contributed by atoms with E-state index in [1.807, 2.05) is 45.0 Å². The molecule has 2 aromatic carbocycles. The van der Waals surface area contributed by atoms with Crippen molar-refractivity contribution in [3.05, 3.63) is 82.4 Å². The number of nitrogens with zero attached hydrogens (tertiary/aromatic N) is 1. The summed E-state index contributed by atoms with van der Waals surface area (Å²) < 4.78 is 21.9. The number of methoxy groups -OCH3 is 1. The third-order valence-corrected chi connectivity index (χ3v) is 5.95. The zero-order valence-electron chi connectivity index (χ0n) is 20.9. The van der Waals surface area contributed by atoms with Gasteiger partial charge in [0.15, 0.2) is 17.6 Å². The maximum atomic E-state index is 13.0. The number of nitrogens with one attached hydrogen (secondary N) is 1. The minimum atomic E-state index is -0.935. The van der Waals surface area contributed by atoms with Gasteiger partial charge in [-0.3, -0.25) is 4.79 Å². The van der Waals surface area contributed by atoms with Gasteiger partial charge in [-0.2, -0.15) is 0 Å². The van der Waals surface area contributed by atoms with Gasteiger partial charge in [0.2, 0.25) is 5.78 Å². The average Bonchev–Trinajstić information content (AvgIpc) is 3.38. The number of Topliss-reactive ketones (excluding diaryl/α,β-unsaturated/α-hetero) is 1. The van der Waals surface area contributed by atoms with Gasteiger partial charge in [0.25, 0.3) is 0 Å². The molecule has 186 valence electrons. The summed E-state index contributed by atoms with van der Waals surface area (Å²) in [5.74, 6) is 0.887. The summed E-state index contributed by atoms with van der Waals surface area (Å²) in [5.41, 5.74) is 4.51. The van der Waals surface area contributed by atoms with Gasteiger partial charge in [-0.05, 0) is 57.5 Å². The first-order valence-corrected chi connectivity index (χ1v) is 11.5. The van der Waals surface area contributed by atoms with Crippen molar-refractivity contribution >= 4 is 28.7 Å². The molecule has 0 aliphatic carbocycles. The van der Waals surface area contributed by atoms with Crippen LogP contribution in [0.4, 0.5) is 0 Å². The van der Waals surface area contributed by atoms with Crippen LogP contribution in [0.5, 0.6) is 11.5 Å². The molecule has 2 aromatic heterocycles. The van der Waals surface area contributed by atoms with Crippen LogP contribution in [0, 0.1) is 20.8 Å². The largest absolute Gasteiger partial charge is 0.493 e. The number of rotatable bonds is 9. The van der Waals surface area contributed by atoms with E-state index in [0.717, 1.165) is 27.9 Å². The molecule has 1 unspecified atom stereocenters. The van der Waals surface area contributed by atoms with Crippen LogP contribution in [0.15, 0.2) is 53.1 Å². The number of H-pyrrole nitrogens is 1. The highest BCUT2D eigenvalue weighted by atomic mass is 16.5. The highest BCUT2D eigenvalue weighted by Gasteiger charge is 2.23. The van der Waals surface area contributed by atoms with E-state index in [-0.39, 0.29) is 5.78 Å². The predicted molar refractivity (Wildman–Crippen MR) is 135 cm³/mol. The molecule has 0 saturated heterocycles. The molecule has 0 radical (unpaired) electrons. The summed E-state index contributed by atoms with van der Waals surface area (Å²) in [4.78, 5) is 28.6. The van der Waals surface area contributed by atoms with Crippen molar-refractivity contribution < 1.29 is 28.3 Å². The Morgan fingerprint density at radius 2 is 1.89 bits per heavy atom. The molecule has 0 fully saturated rings. The normalized spacial score (nSPS) is 12.1. The fourth-order valence-corrected chi connectivity index (χ4v) is 3.99. The van der Waals surface area contributed by atoms with Crippen LogP contribution in [0.2, 0.25) is 0 Å². The van der Waals surface area contributed by atoms with E-state index in [2.05, 4.69) is 10.1 Å². The van der Waals surface area contributed by atoms with Gasteiger partial charge in [-0.15, -0.1) is 0 Å². The van der Waals surface area contributed by atoms with Crippen LogP contribution in [-0.2, 0) is 16.1 Å². The fourth-order valence-electron chi connectivity index (χ4n) is 3.99. The number of para-hydroxylation sites is 1. The Hall–Kier alpha value is -4.33. The lowest BCUT2D eigenvalue weighted by Crippen LogP contribution is -2.24. The van der Waals surface area contributed by atoms with Gasteiger partial charge in [-0.25, -0.2) is 4.79 Å². The molecule has 1 N–H and O–H groups in total. The molecule has 36 heavy (non-hydrogen) atoms. The quantitative estimate of drug-likeness (QED) is 0.189. The van der Waals surface area contributed by atoms with E-state index < -0.39 is 12.1 Å². The molecular formula is C28H28N2O6. The number of ketones is 1. The van der Waals surface area contributed by atoms with E-state index >= 15 is 0 Å². The Balaban J connectivity index is 1.40. The van der Waals surface area contributed by atoms with E-state index in [1.165, 1.54) is 6.08 Å². The van der Waals surface area contributed by atoms with E-state index in [0.29, 0.717) is 35.0 Å². The lowest BCUT2D eigenvalue weighted by atomic mass is 10.0. The first kappa shape index (κ1) is 24.8. The number of esters is 1. The van der Waals surface area contributed by atoms with Crippen molar-refractivity contribution in [2.24, 2.45) is 0 Å². The predicted octanol–water partition coefficient (Wildman–Crippen LogP) is 5.50. The van der Waals surface area contributed by atoms with Crippen LogP contribution < -0.4 is 9.47 Å². The van der Waals surface area contributed by atoms with E-state index in [1.54, 1.807) is 38.3 Å². The van der Waals surface area contributed by atoms with Gasteiger partial charge in [-0.1, -0.05) is 29.4 Å². The van der Waals surface area contributed by atoms with Gasteiger partial charge in [0, 0.05) is 28.2 Å². The highest BCUT2D eigenvalue weighted by Crippen LogP contribution is 2.30. The van der Waals surface area contributed by atoms with Crippen LogP contribution >= 0.6 is 0 Å². The molecule has 2 heterocycles. The third-order valence-electron chi connectivity index (χ3n) is 5.95.